The van der Waals surface area contributed by atoms with Gasteiger partial charge in [0, 0.05) is 53.7 Å². The highest BCUT2D eigenvalue weighted by atomic mass is 16.5. The Bertz CT molecular complexity index is 1210. The number of nitrogens with zero attached hydrogens (tertiary/aromatic N) is 3. The molecule has 0 aromatic heterocycles. The van der Waals surface area contributed by atoms with Crippen molar-refractivity contribution >= 4 is 0 Å². The van der Waals surface area contributed by atoms with E-state index in [1.54, 1.807) is 0 Å². The maximum absolute atomic E-state index is 6.29. The third kappa shape index (κ3) is 9.54. The normalized spacial score (nSPS) is 29.6. The summed E-state index contributed by atoms with van der Waals surface area (Å²) in [6.07, 6.45) is 8.67. The van der Waals surface area contributed by atoms with E-state index < -0.39 is 0 Å². The van der Waals surface area contributed by atoms with Crippen LogP contribution < -0.4 is 0 Å². The van der Waals surface area contributed by atoms with E-state index in [0.29, 0.717) is 17.0 Å². The Balaban J connectivity index is 0.000000166. The van der Waals surface area contributed by atoms with Gasteiger partial charge in [0.1, 0.15) is 6.23 Å². The monoisotopic (exact) mass is 680 g/mol. The topological polar surface area (TPSA) is 19.0 Å². The van der Waals surface area contributed by atoms with Gasteiger partial charge in [-0.05, 0) is 122 Å². The van der Waals surface area contributed by atoms with Crippen LogP contribution in [0.15, 0.2) is 24.3 Å². The Labute approximate surface area is 305 Å². The summed E-state index contributed by atoms with van der Waals surface area (Å²) >= 11 is 0. The average Bonchev–Trinajstić information content (AvgIpc) is 3.25. The first-order valence-electron chi connectivity index (χ1n) is 20.1. The number of benzene rings is 1. The summed E-state index contributed by atoms with van der Waals surface area (Å²) in [5.41, 5.74) is 4.92. The Morgan fingerprint density at radius 2 is 1.14 bits per heavy atom. The van der Waals surface area contributed by atoms with Gasteiger partial charge in [-0.1, -0.05) is 99.4 Å². The van der Waals surface area contributed by atoms with Crippen LogP contribution in [0.25, 0.3) is 0 Å². The highest BCUT2D eigenvalue weighted by molar-refractivity contribution is 5.36. The molecule has 282 valence electrons. The first-order valence-corrected chi connectivity index (χ1v) is 20.1. The molecule has 4 nitrogen and oxygen atoms in total. The van der Waals surface area contributed by atoms with Crippen LogP contribution in [0.4, 0.5) is 0 Å². The van der Waals surface area contributed by atoms with Gasteiger partial charge < -0.3 is 4.74 Å². The van der Waals surface area contributed by atoms with Crippen LogP contribution in [-0.2, 0) is 11.3 Å². The zero-order valence-corrected chi connectivity index (χ0v) is 35.8. The molecule has 5 aliphatic rings. The fourth-order valence-electron chi connectivity index (χ4n) is 9.60. The molecule has 4 heteroatoms. The third-order valence-corrected chi connectivity index (χ3v) is 12.1. The molecule has 5 unspecified atom stereocenters. The Hall–Kier alpha value is -0.940. The number of rotatable bonds is 0. The fraction of sp³-hybridized carbons (Fsp3) is 0.867. The molecule has 1 aromatic carbocycles. The second-order valence-electron chi connectivity index (χ2n) is 22.9. The quantitative estimate of drug-likeness (QED) is 0.272. The Morgan fingerprint density at radius 1 is 0.612 bits per heavy atom. The lowest BCUT2D eigenvalue weighted by Crippen LogP contribution is -2.51. The number of hydrogen-bond donors (Lipinski definition) is 0. The zero-order chi connectivity index (χ0) is 37.2. The molecule has 5 atom stereocenters. The molecule has 4 fully saturated rings. The smallest absolute Gasteiger partial charge is 0.116 e. The van der Waals surface area contributed by atoms with Crippen molar-refractivity contribution in [1.29, 1.82) is 0 Å². The Morgan fingerprint density at radius 3 is 1.59 bits per heavy atom. The SMILES string of the molecule is CC(C)(C)C1C2CCCCC2CN1C(C)(C)C.CC(C)(C)C1OC2(CC2)CN1C(C)(C)C.CC(C)(C)C1c2ccccc2CN1C(C)(C)C. The second kappa shape index (κ2) is 13.8. The second-order valence-corrected chi connectivity index (χ2v) is 22.9. The van der Waals surface area contributed by atoms with Crippen molar-refractivity contribution in [3.63, 3.8) is 0 Å². The van der Waals surface area contributed by atoms with Crippen LogP contribution in [0.2, 0.25) is 0 Å². The Kier molecular flexibility index (Phi) is 11.5. The van der Waals surface area contributed by atoms with Crippen molar-refractivity contribution in [2.45, 2.75) is 210 Å². The van der Waals surface area contributed by atoms with E-state index >= 15 is 0 Å². The van der Waals surface area contributed by atoms with Crippen molar-refractivity contribution in [1.82, 2.24) is 14.7 Å². The summed E-state index contributed by atoms with van der Waals surface area (Å²) in [5.74, 6) is 1.94. The van der Waals surface area contributed by atoms with Crippen molar-refractivity contribution in [3.8, 4) is 0 Å². The van der Waals surface area contributed by atoms with Crippen LogP contribution in [0, 0.1) is 28.1 Å². The predicted molar refractivity (Wildman–Crippen MR) is 212 cm³/mol. The largest absolute Gasteiger partial charge is 0.355 e. The summed E-state index contributed by atoms with van der Waals surface area (Å²) in [4.78, 5) is 7.99. The average molecular weight is 680 g/mol. The highest BCUT2D eigenvalue weighted by Crippen LogP contribution is 2.52. The van der Waals surface area contributed by atoms with Crippen LogP contribution in [0.5, 0.6) is 0 Å². The molecule has 0 amide bonds. The lowest BCUT2D eigenvalue weighted by molar-refractivity contribution is -0.0980. The van der Waals surface area contributed by atoms with Crippen molar-refractivity contribution < 1.29 is 4.74 Å². The minimum absolute atomic E-state index is 0.208. The minimum Gasteiger partial charge on any atom is -0.355 e. The van der Waals surface area contributed by atoms with Crippen LogP contribution in [-0.4, -0.2) is 62.3 Å². The van der Waals surface area contributed by atoms with E-state index in [1.807, 2.05) is 0 Å². The molecule has 3 heterocycles. The number of ether oxygens (including phenoxy) is 1. The molecule has 3 aliphatic heterocycles. The molecule has 6 rings (SSSR count). The van der Waals surface area contributed by atoms with Crippen LogP contribution >= 0.6 is 0 Å². The van der Waals surface area contributed by atoms with E-state index in [4.69, 9.17) is 4.74 Å². The zero-order valence-electron chi connectivity index (χ0n) is 35.8. The predicted octanol–water partition coefficient (Wildman–Crippen LogP) is 11.7. The van der Waals surface area contributed by atoms with Gasteiger partial charge in [-0.25, -0.2) is 0 Å². The van der Waals surface area contributed by atoms with Gasteiger partial charge in [-0.2, -0.15) is 0 Å². The molecule has 49 heavy (non-hydrogen) atoms. The molecular weight excluding hydrogens is 599 g/mol. The van der Waals surface area contributed by atoms with Gasteiger partial charge in [0.2, 0.25) is 0 Å². The van der Waals surface area contributed by atoms with Gasteiger partial charge in [0.05, 0.1) is 5.60 Å². The van der Waals surface area contributed by atoms with E-state index in [0.717, 1.165) is 31.0 Å². The van der Waals surface area contributed by atoms with Crippen LogP contribution in [0.1, 0.15) is 180 Å². The van der Waals surface area contributed by atoms with E-state index in [-0.39, 0.29) is 33.7 Å². The summed E-state index contributed by atoms with van der Waals surface area (Å²) in [5, 5.41) is 0. The third-order valence-electron chi connectivity index (χ3n) is 12.1. The first kappa shape index (κ1) is 40.8. The number of likely N-dealkylation sites (tertiary alicyclic amines) is 1. The standard InChI is InChI=1S/C16H31N.C16H25N.C13H25NO/c2*1-15(2,3)14-13-10-8-7-9-12(13)11-17(14)16(4,5)6;1-11(2,3)10-14(12(4,5)6)9-13(15-10)7-8-13/h12-14H,7-11H2,1-6H3;7-10,14H,11H2,1-6H3;10H,7-9H2,1-6H3. The molecule has 2 saturated carbocycles. The van der Waals surface area contributed by atoms with Crippen molar-refractivity contribution in [2.24, 2.45) is 28.1 Å². The van der Waals surface area contributed by atoms with E-state index in [1.165, 1.54) is 56.2 Å². The molecule has 0 bridgehead atoms. The molecule has 1 aromatic rings. The molecule has 2 saturated heterocycles. The van der Waals surface area contributed by atoms with E-state index in [9.17, 15) is 0 Å². The molecule has 0 N–H and O–H groups in total. The van der Waals surface area contributed by atoms with Gasteiger partial charge in [0.15, 0.2) is 0 Å². The van der Waals surface area contributed by atoms with Gasteiger partial charge in [-0.15, -0.1) is 0 Å². The molecular formula is C45H81N3O. The first-order chi connectivity index (χ1) is 22.1. The lowest BCUT2D eigenvalue weighted by atomic mass is 9.71. The molecule has 2 aliphatic carbocycles. The maximum Gasteiger partial charge on any atom is 0.116 e. The lowest BCUT2D eigenvalue weighted by Gasteiger charge is -2.45. The van der Waals surface area contributed by atoms with Gasteiger partial charge >= 0.3 is 0 Å². The number of fused-ring (bicyclic) bond motifs is 2. The van der Waals surface area contributed by atoms with Crippen molar-refractivity contribution in [3.05, 3.63) is 35.4 Å². The summed E-state index contributed by atoms with van der Waals surface area (Å²) < 4.78 is 6.29. The van der Waals surface area contributed by atoms with Crippen molar-refractivity contribution in [2.75, 3.05) is 13.1 Å². The summed E-state index contributed by atoms with van der Waals surface area (Å²) in [6.45, 7) is 45.7. The van der Waals surface area contributed by atoms with Crippen LogP contribution in [0.3, 0.4) is 0 Å². The summed E-state index contributed by atoms with van der Waals surface area (Å²) in [7, 11) is 0. The van der Waals surface area contributed by atoms with Gasteiger partial charge in [0.25, 0.3) is 0 Å². The molecule has 1 spiro atoms. The maximum atomic E-state index is 6.29. The summed E-state index contributed by atoms with van der Waals surface area (Å²) in [6, 6.07) is 10.2. The minimum atomic E-state index is 0.208. The van der Waals surface area contributed by atoms with E-state index in [2.05, 4.69) is 164 Å². The highest BCUT2D eigenvalue weighted by Gasteiger charge is 2.58. The fourth-order valence-corrected chi connectivity index (χ4v) is 9.60. The number of hydrogen-bond acceptors (Lipinski definition) is 4. The molecule has 0 radical (unpaired) electrons. The van der Waals surface area contributed by atoms with Gasteiger partial charge in [-0.3, -0.25) is 14.7 Å².